The molecule has 0 aromatic rings. The summed E-state index contributed by atoms with van der Waals surface area (Å²) in [6.07, 6.45) is 0.776. The van der Waals surface area contributed by atoms with Crippen LogP contribution in [0.5, 0.6) is 0 Å². The first kappa shape index (κ1) is 12.9. The molecule has 0 aromatic carbocycles. The Hall–Kier alpha value is -1.06. The molecule has 1 amide bonds. The maximum atomic E-state index is 11.4. The Morgan fingerprint density at radius 3 is 2.07 bits per heavy atom. The number of nitrogens with one attached hydrogen (secondary N) is 1. The van der Waals surface area contributed by atoms with Gasteiger partial charge < -0.3 is 10.4 Å². The Kier molecular flexibility index (Phi) is 5.20. The number of carbonyl (C=O) groups excluding carboxylic acids is 1. The van der Waals surface area contributed by atoms with Gasteiger partial charge in [0.1, 0.15) is 6.04 Å². The van der Waals surface area contributed by atoms with Gasteiger partial charge in [-0.1, -0.05) is 20.8 Å². The summed E-state index contributed by atoms with van der Waals surface area (Å²) in [5.41, 5.74) is 0. The zero-order valence-electron chi connectivity index (χ0n) is 9.20. The van der Waals surface area contributed by atoms with Crippen molar-refractivity contribution < 1.29 is 14.7 Å². The van der Waals surface area contributed by atoms with E-state index in [1.165, 1.54) is 6.92 Å². The van der Waals surface area contributed by atoms with Crippen molar-refractivity contribution in [3.05, 3.63) is 0 Å². The fourth-order valence-electron chi connectivity index (χ4n) is 1.23. The van der Waals surface area contributed by atoms with Crippen LogP contribution >= 0.6 is 0 Å². The van der Waals surface area contributed by atoms with E-state index in [9.17, 15) is 9.59 Å². The third-order valence-electron chi connectivity index (χ3n) is 2.00. The second-order valence-corrected chi connectivity index (χ2v) is 4.10. The lowest BCUT2D eigenvalue weighted by Gasteiger charge is -2.16. The Bertz CT molecular complexity index is 213. The van der Waals surface area contributed by atoms with E-state index in [-0.39, 0.29) is 11.8 Å². The molecule has 82 valence electrons. The highest BCUT2D eigenvalue weighted by Gasteiger charge is 2.19. The fraction of sp³-hybridized carbons (Fsp3) is 0.800. The lowest BCUT2D eigenvalue weighted by Crippen LogP contribution is -2.41. The van der Waals surface area contributed by atoms with Gasteiger partial charge in [-0.05, 0) is 19.3 Å². The first-order valence-electron chi connectivity index (χ1n) is 4.87. The van der Waals surface area contributed by atoms with Gasteiger partial charge in [-0.15, -0.1) is 0 Å². The smallest absolute Gasteiger partial charge is 0.325 e. The molecule has 2 unspecified atom stereocenters. The van der Waals surface area contributed by atoms with Gasteiger partial charge >= 0.3 is 5.97 Å². The lowest BCUT2D eigenvalue weighted by molar-refractivity contribution is -0.141. The van der Waals surface area contributed by atoms with E-state index >= 15 is 0 Å². The van der Waals surface area contributed by atoms with E-state index in [0.717, 1.165) is 6.42 Å². The topological polar surface area (TPSA) is 66.4 Å². The molecule has 0 fully saturated rings. The summed E-state index contributed by atoms with van der Waals surface area (Å²) in [6, 6.07) is -0.808. The van der Waals surface area contributed by atoms with E-state index in [2.05, 4.69) is 5.32 Å². The molecule has 14 heavy (non-hydrogen) atoms. The van der Waals surface area contributed by atoms with E-state index in [4.69, 9.17) is 5.11 Å². The summed E-state index contributed by atoms with van der Waals surface area (Å²) in [5, 5.41) is 11.0. The Balaban J connectivity index is 4.01. The molecular formula is C10H19NO3. The van der Waals surface area contributed by atoms with Gasteiger partial charge in [-0.25, -0.2) is 0 Å². The third kappa shape index (κ3) is 4.84. The summed E-state index contributed by atoms with van der Waals surface area (Å²) in [7, 11) is 0. The van der Waals surface area contributed by atoms with Crippen molar-refractivity contribution in [2.45, 2.75) is 40.2 Å². The standard InChI is InChI=1S/C10H19NO3/c1-6(2)5-7(3)9(12)11-8(4)10(13)14/h6-8H,5H2,1-4H3,(H,11,12)(H,13,14). The Morgan fingerprint density at radius 1 is 1.21 bits per heavy atom. The molecule has 2 atom stereocenters. The van der Waals surface area contributed by atoms with Crippen molar-refractivity contribution in [2.24, 2.45) is 11.8 Å². The highest BCUT2D eigenvalue weighted by atomic mass is 16.4. The number of carboxylic acids is 1. The number of carbonyl (C=O) groups is 2. The molecule has 0 aromatic heterocycles. The van der Waals surface area contributed by atoms with E-state index in [0.29, 0.717) is 5.92 Å². The van der Waals surface area contributed by atoms with Crippen LogP contribution in [0.4, 0.5) is 0 Å². The van der Waals surface area contributed by atoms with Gasteiger partial charge in [-0.3, -0.25) is 9.59 Å². The van der Waals surface area contributed by atoms with Crippen LogP contribution in [0.3, 0.4) is 0 Å². The van der Waals surface area contributed by atoms with Crippen molar-refractivity contribution in [1.82, 2.24) is 5.32 Å². The highest BCUT2D eigenvalue weighted by Crippen LogP contribution is 2.10. The maximum Gasteiger partial charge on any atom is 0.325 e. The lowest BCUT2D eigenvalue weighted by atomic mass is 9.98. The maximum absolute atomic E-state index is 11.4. The van der Waals surface area contributed by atoms with Crippen LogP contribution in [0.15, 0.2) is 0 Å². The number of hydrogen-bond donors (Lipinski definition) is 2. The summed E-state index contributed by atoms with van der Waals surface area (Å²) in [5.74, 6) is -0.878. The van der Waals surface area contributed by atoms with Crippen LogP contribution in [-0.4, -0.2) is 23.0 Å². The minimum absolute atomic E-state index is 0.128. The van der Waals surface area contributed by atoms with Crippen molar-refractivity contribution in [2.75, 3.05) is 0 Å². The summed E-state index contributed by atoms with van der Waals surface area (Å²) in [4.78, 5) is 21.9. The molecule has 4 heteroatoms. The van der Waals surface area contributed by atoms with E-state index < -0.39 is 12.0 Å². The zero-order chi connectivity index (χ0) is 11.3. The fourth-order valence-corrected chi connectivity index (χ4v) is 1.23. The SMILES string of the molecule is CC(C)CC(C)C(=O)NC(C)C(=O)O. The zero-order valence-corrected chi connectivity index (χ0v) is 9.20. The molecule has 0 heterocycles. The average Bonchev–Trinajstić information content (AvgIpc) is 2.02. The largest absolute Gasteiger partial charge is 0.480 e. The molecule has 2 N–H and O–H groups in total. The quantitative estimate of drug-likeness (QED) is 0.703. The molecule has 0 rings (SSSR count). The predicted molar refractivity (Wildman–Crippen MR) is 53.9 cm³/mol. The normalized spacial score (nSPS) is 14.9. The van der Waals surface area contributed by atoms with Crippen molar-refractivity contribution in [3.63, 3.8) is 0 Å². The highest BCUT2D eigenvalue weighted by molar-refractivity contribution is 5.84. The van der Waals surface area contributed by atoms with Gasteiger partial charge in [0.2, 0.25) is 5.91 Å². The van der Waals surface area contributed by atoms with Gasteiger partial charge in [-0.2, -0.15) is 0 Å². The van der Waals surface area contributed by atoms with Crippen LogP contribution in [0, 0.1) is 11.8 Å². The van der Waals surface area contributed by atoms with Crippen LogP contribution in [-0.2, 0) is 9.59 Å². The molecular weight excluding hydrogens is 182 g/mol. The van der Waals surface area contributed by atoms with Crippen molar-refractivity contribution in [1.29, 1.82) is 0 Å². The monoisotopic (exact) mass is 201 g/mol. The van der Waals surface area contributed by atoms with Gasteiger partial charge in [0.15, 0.2) is 0 Å². The Morgan fingerprint density at radius 2 is 1.71 bits per heavy atom. The van der Waals surface area contributed by atoms with Gasteiger partial charge in [0, 0.05) is 5.92 Å². The number of amides is 1. The molecule has 0 saturated heterocycles. The number of aliphatic carboxylic acids is 1. The minimum Gasteiger partial charge on any atom is -0.480 e. The van der Waals surface area contributed by atoms with Crippen molar-refractivity contribution >= 4 is 11.9 Å². The van der Waals surface area contributed by atoms with Crippen LogP contribution in [0.25, 0.3) is 0 Å². The van der Waals surface area contributed by atoms with Gasteiger partial charge in [0.25, 0.3) is 0 Å². The third-order valence-corrected chi connectivity index (χ3v) is 2.00. The number of rotatable bonds is 5. The minimum atomic E-state index is -1.00. The van der Waals surface area contributed by atoms with E-state index in [1.807, 2.05) is 20.8 Å². The number of carboxylic acid groups (broad SMARTS) is 1. The molecule has 0 bridgehead atoms. The summed E-state index contributed by atoms with van der Waals surface area (Å²) in [6.45, 7) is 7.33. The van der Waals surface area contributed by atoms with Crippen LogP contribution in [0.1, 0.15) is 34.1 Å². The molecule has 0 saturated carbocycles. The number of hydrogen-bond acceptors (Lipinski definition) is 2. The molecule has 0 aliphatic carbocycles. The van der Waals surface area contributed by atoms with Crippen LogP contribution < -0.4 is 5.32 Å². The van der Waals surface area contributed by atoms with Crippen LogP contribution in [0.2, 0.25) is 0 Å². The Labute approximate surface area is 84.7 Å². The molecule has 0 aliphatic rings. The average molecular weight is 201 g/mol. The molecule has 0 aliphatic heterocycles. The molecule has 0 radical (unpaired) electrons. The first-order chi connectivity index (χ1) is 6.34. The first-order valence-corrected chi connectivity index (χ1v) is 4.87. The van der Waals surface area contributed by atoms with Crippen molar-refractivity contribution in [3.8, 4) is 0 Å². The second kappa shape index (κ2) is 5.62. The van der Waals surface area contributed by atoms with Gasteiger partial charge in [0.05, 0.1) is 0 Å². The second-order valence-electron chi connectivity index (χ2n) is 4.10. The predicted octanol–water partition coefficient (Wildman–Crippen LogP) is 1.26. The summed E-state index contributed by atoms with van der Waals surface area (Å²) >= 11 is 0. The summed E-state index contributed by atoms with van der Waals surface area (Å²) < 4.78 is 0. The van der Waals surface area contributed by atoms with E-state index in [1.54, 1.807) is 0 Å². The molecule has 4 nitrogen and oxygen atoms in total. The molecule has 0 spiro atoms.